The van der Waals surface area contributed by atoms with Gasteiger partial charge in [-0.1, -0.05) is 23.2 Å². The molecule has 90 valence electrons. The van der Waals surface area contributed by atoms with Gasteiger partial charge in [0.2, 0.25) is 0 Å². The second kappa shape index (κ2) is 5.71. The van der Waals surface area contributed by atoms with Gasteiger partial charge in [-0.05, 0) is 34.1 Å². The van der Waals surface area contributed by atoms with Crippen molar-refractivity contribution in [1.82, 2.24) is 5.32 Å². The van der Waals surface area contributed by atoms with E-state index in [2.05, 4.69) is 21.2 Å². The molecule has 1 amide bonds. The molecular weight excluding hydrogens is 365 g/mol. The number of hydrogen-bond donors (Lipinski definition) is 1. The quantitative estimate of drug-likeness (QED) is 0.825. The van der Waals surface area contributed by atoms with E-state index < -0.39 is 0 Å². The van der Waals surface area contributed by atoms with E-state index in [0.29, 0.717) is 20.8 Å². The Bertz CT molecular complexity index is 552. The molecular formula is C10H6BrCl2NOS2. The summed E-state index contributed by atoms with van der Waals surface area (Å²) in [7, 11) is 0. The summed E-state index contributed by atoms with van der Waals surface area (Å²) in [5.74, 6) is -0.206. The van der Waals surface area contributed by atoms with Crippen molar-refractivity contribution >= 4 is 67.7 Å². The van der Waals surface area contributed by atoms with Crippen molar-refractivity contribution in [3.8, 4) is 0 Å². The lowest BCUT2D eigenvalue weighted by Crippen LogP contribution is -2.21. The van der Waals surface area contributed by atoms with E-state index in [0.717, 1.165) is 8.66 Å². The molecule has 0 aliphatic carbocycles. The maximum Gasteiger partial charge on any atom is 0.254 e. The standard InChI is InChI=1S/C10H6BrCl2NOS2/c11-7-2-1-5(16-7)4-14-10(15)6-3-8(12)17-9(6)13/h1-3H,4H2,(H,14,15). The zero-order valence-electron chi connectivity index (χ0n) is 8.30. The number of hydrogen-bond acceptors (Lipinski definition) is 3. The Morgan fingerprint density at radius 2 is 2.12 bits per heavy atom. The minimum Gasteiger partial charge on any atom is -0.347 e. The Morgan fingerprint density at radius 3 is 2.65 bits per heavy atom. The van der Waals surface area contributed by atoms with Crippen LogP contribution in [0, 0.1) is 0 Å². The zero-order chi connectivity index (χ0) is 12.4. The number of amides is 1. The molecule has 2 aromatic rings. The second-order valence-corrected chi connectivity index (χ2v) is 7.96. The van der Waals surface area contributed by atoms with Crippen LogP contribution in [0.3, 0.4) is 0 Å². The van der Waals surface area contributed by atoms with Gasteiger partial charge < -0.3 is 5.32 Å². The third kappa shape index (κ3) is 3.45. The van der Waals surface area contributed by atoms with E-state index in [1.165, 1.54) is 11.3 Å². The average molecular weight is 371 g/mol. The molecule has 0 atom stereocenters. The average Bonchev–Trinajstić information content (AvgIpc) is 2.81. The van der Waals surface area contributed by atoms with E-state index in [4.69, 9.17) is 23.2 Å². The predicted molar refractivity (Wildman–Crippen MR) is 77.5 cm³/mol. The van der Waals surface area contributed by atoms with E-state index in [9.17, 15) is 4.79 Å². The predicted octanol–water partition coefficient (Wildman–Crippen LogP) is 4.81. The first kappa shape index (κ1) is 13.4. The smallest absolute Gasteiger partial charge is 0.254 e. The molecule has 0 unspecified atom stereocenters. The van der Waals surface area contributed by atoms with Crippen molar-refractivity contribution in [2.75, 3.05) is 0 Å². The van der Waals surface area contributed by atoms with E-state index in [1.54, 1.807) is 17.4 Å². The van der Waals surface area contributed by atoms with Gasteiger partial charge in [-0.25, -0.2) is 0 Å². The van der Waals surface area contributed by atoms with Crippen LogP contribution in [0.5, 0.6) is 0 Å². The lowest BCUT2D eigenvalue weighted by Gasteiger charge is -2.01. The van der Waals surface area contributed by atoms with E-state index in [1.807, 2.05) is 12.1 Å². The number of nitrogens with one attached hydrogen (secondary N) is 1. The Labute approximate surface area is 125 Å². The number of carbonyl (C=O) groups excluding carboxylic acids is 1. The largest absolute Gasteiger partial charge is 0.347 e. The number of halogens is 3. The summed E-state index contributed by atoms with van der Waals surface area (Å²) in [6, 6.07) is 5.48. The SMILES string of the molecule is O=C(NCc1ccc(Br)s1)c1cc(Cl)sc1Cl. The van der Waals surface area contributed by atoms with Crippen LogP contribution in [0.4, 0.5) is 0 Å². The van der Waals surface area contributed by atoms with Gasteiger partial charge in [0, 0.05) is 4.88 Å². The molecule has 17 heavy (non-hydrogen) atoms. The van der Waals surface area contributed by atoms with Gasteiger partial charge in [-0.15, -0.1) is 22.7 Å². The van der Waals surface area contributed by atoms with Crippen LogP contribution in [0.25, 0.3) is 0 Å². The molecule has 0 fully saturated rings. The molecule has 2 nitrogen and oxygen atoms in total. The minimum atomic E-state index is -0.206. The maximum absolute atomic E-state index is 11.8. The molecule has 2 heterocycles. The lowest BCUT2D eigenvalue weighted by atomic mass is 10.3. The van der Waals surface area contributed by atoms with Gasteiger partial charge in [0.05, 0.1) is 20.2 Å². The number of rotatable bonds is 3. The molecule has 0 saturated heterocycles. The summed E-state index contributed by atoms with van der Waals surface area (Å²) < 4.78 is 1.97. The molecule has 0 spiro atoms. The fourth-order valence-electron chi connectivity index (χ4n) is 1.20. The van der Waals surface area contributed by atoms with E-state index >= 15 is 0 Å². The van der Waals surface area contributed by atoms with Crippen LogP contribution in [-0.2, 0) is 6.54 Å². The first-order valence-corrected chi connectivity index (χ1v) is 7.71. The van der Waals surface area contributed by atoms with Crippen LogP contribution < -0.4 is 5.32 Å². The van der Waals surface area contributed by atoms with Gasteiger partial charge in [0.15, 0.2) is 0 Å². The Morgan fingerprint density at radius 1 is 1.35 bits per heavy atom. The molecule has 0 aliphatic rings. The Balaban J connectivity index is 2.00. The maximum atomic E-state index is 11.8. The monoisotopic (exact) mass is 369 g/mol. The van der Waals surface area contributed by atoms with Crippen molar-refractivity contribution < 1.29 is 4.79 Å². The third-order valence-corrected chi connectivity index (χ3v) is 5.06. The zero-order valence-corrected chi connectivity index (χ0v) is 13.0. The highest BCUT2D eigenvalue weighted by Crippen LogP contribution is 2.31. The number of carbonyl (C=O) groups is 1. The molecule has 2 rings (SSSR count). The lowest BCUT2D eigenvalue weighted by molar-refractivity contribution is 0.0952. The molecule has 7 heteroatoms. The summed E-state index contributed by atoms with van der Waals surface area (Å²) in [4.78, 5) is 12.9. The molecule has 2 aromatic heterocycles. The van der Waals surface area contributed by atoms with Crippen molar-refractivity contribution in [2.24, 2.45) is 0 Å². The first-order valence-electron chi connectivity index (χ1n) is 4.53. The minimum absolute atomic E-state index is 0.206. The molecule has 0 aliphatic heterocycles. The van der Waals surface area contributed by atoms with Crippen molar-refractivity contribution in [2.45, 2.75) is 6.54 Å². The van der Waals surface area contributed by atoms with Crippen LogP contribution in [0.15, 0.2) is 22.0 Å². The van der Waals surface area contributed by atoms with Gasteiger partial charge >= 0.3 is 0 Å². The van der Waals surface area contributed by atoms with Gasteiger partial charge in [-0.3, -0.25) is 4.79 Å². The summed E-state index contributed by atoms with van der Waals surface area (Å²) in [5.41, 5.74) is 0.428. The van der Waals surface area contributed by atoms with E-state index in [-0.39, 0.29) is 5.91 Å². The summed E-state index contributed by atoms with van der Waals surface area (Å²) >= 11 is 17.8. The fraction of sp³-hybridized carbons (Fsp3) is 0.100. The molecule has 0 bridgehead atoms. The molecule has 0 radical (unpaired) electrons. The molecule has 0 saturated carbocycles. The highest BCUT2D eigenvalue weighted by atomic mass is 79.9. The second-order valence-electron chi connectivity index (χ2n) is 3.13. The van der Waals surface area contributed by atoms with Crippen LogP contribution in [-0.4, -0.2) is 5.91 Å². The Hall–Kier alpha value is -0.0700. The van der Waals surface area contributed by atoms with Crippen molar-refractivity contribution in [3.05, 3.63) is 41.1 Å². The first-order chi connectivity index (χ1) is 8.06. The summed E-state index contributed by atoms with van der Waals surface area (Å²) in [5, 5.41) is 2.80. The summed E-state index contributed by atoms with van der Waals surface area (Å²) in [6.07, 6.45) is 0. The van der Waals surface area contributed by atoms with Crippen LogP contribution in [0.1, 0.15) is 15.2 Å². The summed E-state index contributed by atoms with van der Waals surface area (Å²) in [6.45, 7) is 0.485. The molecule has 0 aromatic carbocycles. The Kier molecular flexibility index (Phi) is 4.49. The highest BCUT2D eigenvalue weighted by molar-refractivity contribution is 9.11. The topological polar surface area (TPSA) is 29.1 Å². The van der Waals surface area contributed by atoms with Crippen molar-refractivity contribution in [1.29, 1.82) is 0 Å². The van der Waals surface area contributed by atoms with Gasteiger partial charge in [-0.2, -0.15) is 0 Å². The van der Waals surface area contributed by atoms with Crippen LogP contribution in [0.2, 0.25) is 8.67 Å². The van der Waals surface area contributed by atoms with Crippen LogP contribution >= 0.6 is 61.8 Å². The van der Waals surface area contributed by atoms with Gasteiger partial charge in [0.1, 0.15) is 4.34 Å². The van der Waals surface area contributed by atoms with Crippen molar-refractivity contribution in [3.63, 3.8) is 0 Å². The molecule has 1 N–H and O–H groups in total. The fourth-order valence-corrected chi connectivity index (χ4v) is 4.09. The third-order valence-electron chi connectivity index (χ3n) is 1.95. The number of thiophene rings is 2. The normalized spacial score (nSPS) is 10.5. The van der Waals surface area contributed by atoms with Gasteiger partial charge in [0.25, 0.3) is 5.91 Å². The highest BCUT2D eigenvalue weighted by Gasteiger charge is 2.13.